The highest BCUT2D eigenvalue weighted by Crippen LogP contribution is 2.41. The average molecular weight is 316 g/mol. The van der Waals surface area contributed by atoms with Gasteiger partial charge < -0.3 is 4.74 Å². The minimum atomic E-state index is -4.62. The van der Waals surface area contributed by atoms with Gasteiger partial charge in [0.1, 0.15) is 4.90 Å². The van der Waals surface area contributed by atoms with Crippen LogP contribution in [0.3, 0.4) is 0 Å². The first-order valence-electron chi connectivity index (χ1n) is 4.87. The second-order valence-electron chi connectivity index (χ2n) is 3.26. The average Bonchev–Trinajstić information content (AvgIpc) is 2.26. The van der Waals surface area contributed by atoms with Crippen LogP contribution in [-0.2, 0) is 9.05 Å². The van der Waals surface area contributed by atoms with Crippen LogP contribution >= 0.6 is 10.7 Å². The minimum Gasteiger partial charge on any atom is -0.486 e. The van der Waals surface area contributed by atoms with Crippen molar-refractivity contribution in [1.29, 1.82) is 0 Å². The lowest BCUT2D eigenvalue weighted by molar-refractivity contribution is -0.386. The van der Waals surface area contributed by atoms with Crippen molar-refractivity contribution < 1.29 is 26.9 Å². The van der Waals surface area contributed by atoms with Crippen LogP contribution in [0.25, 0.3) is 0 Å². The number of nitro groups is 1. The Balaban J connectivity index is 3.77. The predicted octanol–water partition coefficient (Wildman–Crippen LogP) is 2.86. The molecule has 0 aliphatic heterocycles. The predicted molar refractivity (Wildman–Crippen MR) is 62.3 cm³/mol. The maximum absolute atomic E-state index is 12.8. The minimum absolute atomic E-state index is 0.146. The van der Waals surface area contributed by atoms with Crippen LogP contribution in [0.2, 0.25) is 0 Å². The first kappa shape index (κ1) is 15.6. The molecular formula is C9H8ClF2NO5S. The molecule has 0 bridgehead atoms. The molecule has 0 radical (unpaired) electrons. The van der Waals surface area contributed by atoms with Gasteiger partial charge in [0.05, 0.1) is 11.5 Å². The van der Waals surface area contributed by atoms with E-state index in [1.54, 1.807) is 0 Å². The van der Waals surface area contributed by atoms with E-state index in [1.807, 2.05) is 0 Å². The molecule has 0 N–H and O–H groups in total. The fourth-order valence-corrected chi connectivity index (χ4v) is 2.72. The topological polar surface area (TPSA) is 86.5 Å². The van der Waals surface area contributed by atoms with Crippen LogP contribution < -0.4 is 4.74 Å². The number of benzene rings is 1. The molecule has 0 unspecified atom stereocenters. The molecule has 0 spiro atoms. The summed E-state index contributed by atoms with van der Waals surface area (Å²) < 4.78 is 53.0. The van der Waals surface area contributed by atoms with E-state index in [1.165, 1.54) is 6.92 Å². The first-order chi connectivity index (χ1) is 8.70. The summed E-state index contributed by atoms with van der Waals surface area (Å²) in [5.41, 5.74) is -1.69. The second-order valence-corrected chi connectivity index (χ2v) is 5.76. The normalized spacial score (nSPS) is 11.6. The van der Waals surface area contributed by atoms with Crippen molar-refractivity contribution >= 4 is 25.4 Å². The van der Waals surface area contributed by atoms with E-state index < -0.39 is 42.3 Å². The molecule has 0 aromatic heterocycles. The quantitative estimate of drug-likeness (QED) is 0.473. The zero-order chi connectivity index (χ0) is 14.8. The van der Waals surface area contributed by atoms with E-state index >= 15 is 0 Å². The molecule has 0 saturated carbocycles. The summed E-state index contributed by atoms with van der Waals surface area (Å²) in [6.45, 7) is 1.27. The Morgan fingerprint density at radius 3 is 2.42 bits per heavy atom. The summed E-state index contributed by atoms with van der Waals surface area (Å²) in [5.74, 6) is -0.778. The molecule has 0 saturated heterocycles. The summed E-state index contributed by atoms with van der Waals surface area (Å²) in [6, 6.07) is 1.39. The summed E-state index contributed by atoms with van der Waals surface area (Å²) in [7, 11) is 0.437. The van der Waals surface area contributed by atoms with Crippen molar-refractivity contribution in [3.63, 3.8) is 0 Å². The third kappa shape index (κ3) is 3.29. The van der Waals surface area contributed by atoms with Gasteiger partial charge in [-0.05, 0) is 13.0 Å². The van der Waals surface area contributed by atoms with Crippen molar-refractivity contribution in [1.82, 2.24) is 0 Å². The molecular weight excluding hydrogens is 308 g/mol. The Hall–Kier alpha value is -1.48. The molecule has 19 heavy (non-hydrogen) atoms. The lowest BCUT2D eigenvalue weighted by Crippen LogP contribution is -2.07. The molecule has 6 nitrogen and oxygen atoms in total. The van der Waals surface area contributed by atoms with Crippen molar-refractivity contribution in [2.45, 2.75) is 18.2 Å². The van der Waals surface area contributed by atoms with Gasteiger partial charge in [0.2, 0.25) is 5.75 Å². The Morgan fingerprint density at radius 1 is 1.47 bits per heavy atom. The van der Waals surface area contributed by atoms with Gasteiger partial charge in [-0.1, -0.05) is 0 Å². The van der Waals surface area contributed by atoms with Gasteiger partial charge >= 0.3 is 5.69 Å². The number of hydrogen-bond acceptors (Lipinski definition) is 5. The second kappa shape index (κ2) is 5.66. The Bertz CT molecular complexity index is 605. The lowest BCUT2D eigenvalue weighted by atomic mass is 10.2. The lowest BCUT2D eigenvalue weighted by Gasteiger charge is -2.12. The highest BCUT2D eigenvalue weighted by Gasteiger charge is 2.32. The number of nitro benzene ring substituents is 1. The maximum Gasteiger partial charge on any atom is 0.312 e. The molecule has 1 aromatic carbocycles. The van der Waals surface area contributed by atoms with Crippen LogP contribution in [0.1, 0.15) is 18.9 Å². The number of rotatable bonds is 5. The van der Waals surface area contributed by atoms with E-state index in [4.69, 9.17) is 15.4 Å². The molecule has 0 heterocycles. The fraction of sp³-hybridized carbons (Fsp3) is 0.333. The Labute approximate surface area is 111 Å². The first-order valence-corrected chi connectivity index (χ1v) is 7.18. The number of ether oxygens (including phenoxy) is 1. The highest BCUT2D eigenvalue weighted by molar-refractivity contribution is 8.13. The van der Waals surface area contributed by atoms with Crippen molar-refractivity contribution in [3.8, 4) is 5.75 Å². The van der Waals surface area contributed by atoms with Gasteiger partial charge in [0.25, 0.3) is 15.5 Å². The standard InChI is InChI=1S/C9H8ClF2NO5S/c1-2-18-7-6(13(14)15)4-3-5(9(11)12)8(7)19(10,16)17/h3-4,9H,2H2,1H3. The van der Waals surface area contributed by atoms with Gasteiger partial charge in [0, 0.05) is 22.3 Å². The van der Waals surface area contributed by atoms with E-state index in [9.17, 15) is 27.3 Å². The van der Waals surface area contributed by atoms with E-state index in [0.29, 0.717) is 6.07 Å². The Morgan fingerprint density at radius 2 is 2.05 bits per heavy atom. The summed E-state index contributed by atoms with van der Waals surface area (Å²) in [4.78, 5) is 8.75. The molecule has 106 valence electrons. The summed E-state index contributed by atoms with van der Waals surface area (Å²) in [5, 5.41) is 10.8. The number of alkyl halides is 2. The number of hydrogen-bond donors (Lipinski definition) is 0. The van der Waals surface area contributed by atoms with Crippen LogP contribution in [0.5, 0.6) is 5.75 Å². The van der Waals surface area contributed by atoms with Gasteiger partial charge in [-0.2, -0.15) is 0 Å². The third-order valence-electron chi connectivity index (χ3n) is 2.09. The molecule has 1 aromatic rings. The Kier molecular flexibility index (Phi) is 4.64. The van der Waals surface area contributed by atoms with E-state index in [0.717, 1.165) is 6.07 Å². The molecule has 0 amide bonds. The monoisotopic (exact) mass is 315 g/mol. The molecule has 1 rings (SSSR count). The summed E-state index contributed by atoms with van der Waals surface area (Å²) in [6.07, 6.45) is -3.16. The number of nitrogens with zero attached hydrogens (tertiary/aromatic N) is 1. The highest BCUT2D eigenvalue weighted by atomic mass is 35.7. The fourth-order valence-electron chi connectivity index (χ4n) is 1.42. The molecule has 10 heteroatoms. The molecule has 0 fully saturated rings. The van der Waals surface area contributed by atoms with Crippen LogP contribution in [0.15, 0.2) is 17.0 Å². The zero-order valence-corrected chi connectivity index (χ0v) is 11.0. The number of halogens is 3. The van der Waals surface area contributed by atoms with Gasteiger partial charge in [-0.3, -0.25) is 10.1 Å². The summed E-state index contributed by atoms with van der Waals surface area (Å²) >= 11 is 0. The van der Waals surface area contributed by atoms with Gasteiger partial charge in [-0.15, -0.1) is 0 Å². The SMILES string of the molecule is CCOc1c([N+](=O)[O-])ccc(C(F)F)c1S(=O)(=O)Cl. The van der Waals surface area contributed by atoms with Crippen LogP contribution in [0, 0.1) is 10.1 Å². The van der Waals surface area contributed by atoms with Crippen molar-refractivity contribution in [2.24, 2.45) is 0 Å². The van der Waals surface area contributed by atoms with Crippen molar-refractivity contribution in [3.05, 3.63) is 27.8 Å². The van der Waals surface area contributed by atoms with Gasteiger partial charge in [0.15, 0.2) is 0 Å². The van der Waals surface area contributed by atoms with Crippen molar-refractivity contribution in [2.75, 3.05) is 6.61 Å². The molecule has 0 atom stereocenters. The smallest absolute Gasteiger partial charge is 0.312 e. The molecule has 0 aliphatic rings. The zero-order valence-electron chi connectivity index (χ0n) is 9.47. The van der Waals surface area contributed by atoms with Crippen LogP contribution in [-0.4, -0.2) is 19.9 Å². The van der Waals surface area contributed by atoms with E-state index in [-0.39, 0.29) is 6.61 Å². The van der Waals surface area contributed by atoms with E-state index in [2.05, 4.69) is 0 Å². The third-order valence-corrected chi connectivity index (χ3v) is 3.46. The maximum atomic E-state index is 12.8. The van der Waals surface area contributed by atoms with Crippen LogP contribution in [0.4, 0.5) is 14.5 Å². The van der Waals surface area contributed by atoms with Gasteiger partial charge in [-0.25, -0.2) is 17.2 Å². The largest absolute Gasteiger partial charge is 0.486 e. The molecule has 0 aliphatic carbocycles.